The zero-order valence-electron chi connectivity index (χ0n) is 9.09. The van der Waals surface area contributed by atoms with E-state index in [9.17, 15) is 8.42 Å². The van der Waals surface area contributed by atoms with Crippen molar-refractivity contribution in [2.75, 3.05) is 11.5 Å². The lowest BCUT2D eigenvalue weighted by atomic mass is 10.1. The summed E-state index contributed by atoms with van der Waals surface area (Å²) in [7, 11) is -2.91. The van der Waals surface area contributed by atoms with E-state index in [1.54, 1.807) is 0 Å². The second-order valence-corrected chi connectivity index (χ2v) is 6.33. The van der Waals surface area contributed by atoms with Gasteiger partial charge in [0, 0.05) is 5.92 Å². The molecule has 90 valence electrons. The SMILES string of the molecule is CC[C@H](N)c1nc(C2CCS(=O)(=O)C2)no1. The molecule has 2 heterocycles. The molecule has 2 atom stereocenters. The predicted molar refractivity (Wildman–Crippen MR) is 57.5 cm³/mol. The van der Waals surface area contributed by atoms with Crippen molar-refractivity contribution in [2.24, 2.45) is 5.73 Å². The Bertz CT molecular complexity index is 468. The van der Waals surface area contributed by atoms with E-state index in [-0.39, 0.29) is 23.5 Å². The molecule has 6 nitrogen and oxygen atoms in total. The zero-order valence-corrected chi connectivity index (χ0v) is 9.90. The first-order chi connectivity index (χ1) is 7.52. The van der Waals surface area contributed by atoms with Crippen molar-refractivity contribution in [1.29, 1.82) is 0 Å². The van der Waals surface area contributed by atoms with E-state index in [4.69, 9.17) is 10.3 Å². The van der Waals surface area contributed by atoms with Gasteiger partial charge in [0.25, 0.3) is 0 Å². The summed E-state index contributed by atoms with van der Waals surface area (Å²) in [5.41, 5.74) is 5.75. The van der Waals surface area contributed by atoms with Gasteiger partial charge in [-0.15, -0.1) is 0 Å². The molecule has 0 aromatic carbocycles. The van der Waals surface area contributed by atoms with Crippen LogP contribution in [0.15, 0.2) is 4.52 Å². The van der Waals surface area contributed by atoms with Gasteiger partial charge >= 0.3 is 0 Å². The fourth-order valence-electron chi connectivity index (χ4n) is 1.74. The van der Waals surface area contributed by atoms with Gasteiger partial charge in [-0.3, -0.25) is 0 Å². The molecule has 1 saturated heterocycles. The van der Waals surface area contributed by atoms with Crippen molar-refractivity contribution < 1.29 is 12.9 Å². The van der Waals surface area contributed by atoms with Crippen LogP contribution in [-0.4, -0.2) is 30.1 Å². The van der Waals surface area contributed by atoms with Crippen LogP contribution in [0.5, 0.6) is 0 Å². The molecule has 1 aromatic heterocycles. The quantitative estimate of drug-likeness (QED) is 0.826. The van der Waals surface area contributed by atoms with Crippen LogP contribution in [0.2, 0.25) is 0 Å². The predicted octanol–water partition coefficient (Wildman–Crippen LogP) is 0.382. The van der Waals surface area contributed by atoms with E-state index in [0.717, 1.165) is 0 Å². The molecule has 1 fully saturated rings. The van der Waals surface area contributed by atoms with Crippen LogP contribution >= 0.6 is 0 Å². The van der Waals surface area contributed by atoms with E-state index in [1.165, 1.54) is 0 Å². The summed E-state index contributed by atoms with van der Waals surface area (Å²) in [6.45, 7) is 1.93. The molecule has 0 aliphatic carbocycles. The third kappa shape index (κ3) is 2.25. The molecule has 0 radical (unpaired) electrons. The molecular formula is C9H15N3O3S. The van der Waals surface area contributed by atoms with Gasteiger partial charge < -0.3 is 10.3 Å². The van der Waals surface area contributed by atoms with Gasteiger partial charge in [-0.1, -0.05) is 12.1 Å². The summed E-state index contributed by atoms with van der Waals surface area (Å²) in [6, 6.07) is -0.265. The van der Waals surface area contributed by atoms with Crippen molar-refractivity contribution in [3.8, 4) is 0 Å². The summed E-state index contributed by atoms with van der Waals surface area (Å²) in [5, 5.41) is 3.80. The van der Waals surface area contributed by atoms with Crippen LogP contribution in [0.3, 0.4) is 0 Å². The van der Waals surface area contributed by atoms with E-state index < -0.39 is 9.84 Å². The fourth-order valence-corrected chi connectivity index (χ4v) is 3.48. The highest BCUT2D eigenvalue weighted by molar-refractivity contribution is 7.91. The number of rotatable bonds is 3. The minimum absolute atomic E-state index is 0.118. The lowest BCUT2D eigenvalue weighted by Gasteiger charge is -2.00. The molecule has 1 aliphatic heterocycles. The number of nitrogens with two attached hydrogens (primary N) is 1. The highest BCUT2D eigenvalue weighted by atomic mass is 32.2. The Hall–Kier alpha value is -0.950. The standard InChI is InChI=1S/C9H15N3O3S/c1-2-7(10)9-11-8(12-15-9)6-3-4-16(13,14)5-6/h6-7H,2-5,10H2,1H3/t6?,7-/m0/s1. The monoisotopic (exact) mass is 245 g/mol. The molecule has 2 rings (SSSR count). The maximum Gasteiger partial charge on any atom is 0.243 e. The van der Waals surface area contributed by atoms with Crippen LogP contribution in [0.25, 0.3) is 0 Å². The summed E-state index contributed by atoms with van der Waals surface area (Å²) in [5.74, 6) is 1.06. The molecule has 0 spiro atoms. The Balaban J connectivity index is 2.14. The lowest BCUT2D eigenvalue weighted by Crippen LogP contribution is -2.10. The van der Waals surface area contributed by atoms with Crippen molar-refractivity contribution in [3.05, 3.63) is 11.7 Å². The van der Waals surface area contributed by atoms with E-state index >= 15 is 0 Å². The average Bonchev–Trinajstić information content (AvgIpc) is 2.83. The van der Waals surface area contributed by atoms with Gasteiger partial charge in [0.15, 0.2) is 15.7 Å². The van der Waals surface area contributed by atoms with Crippen LogP contribution in [0, 0.1) is 0 Å². The van der Waals surface area contributed by atoms with Crippen molar-refractivity contribution in [1.82, 2.24) is 10.1 Å². The Morgan fingerprint density at radius 1 is 1.62 bits per heavy atom. The Kier molecular flexibility index (Phi) is 2.98. The van der Waals surface area contributed by atoms with Gasteiger partial charge in [0.2, 0.25) is 5.89 Å². The smallest absolute Gasteiger partial charge is 0.243 e. The van der Waals surface area contributed by atoms with Crippen molar-refractivity contribution in [2.45, 2.75) is 31.7 Å². The Morgan fingerprint density at radius 2 is 2.38 bits per heavy atom. The lowest BCUT2D eigenvalue weighted by molar-refractivity contribution is 0.346. The third-order valence-electron chi connectivity index (χ3n) is 2.81. The first-order valence-electron chi connectivity index (χ1n) is 5.31. The van der Waals surface area contributed by atoms with E-state index in [0.29, 0.717) is 24.6 Å². The molecule has 1 aromatic rings. The normalized spacial score (nSPS) is 25.8. The maximum absolute atomic E-state index is 11.3. The highest BCUT2D eigenvalue weighted by Gasteiger charge is 2.32. The highest BCUT2D eigenvalue weighted by Crippen LogP contribution is 2.27. The van der Waals surface area contributed by atoms with Gasteiger partial charge in [0.05, 0.1) is 17.5 Å². The minimum atomic E-state index is -2.91. The van der Waals surface area contributed by atoms with Gasteiger partial charge in [-0.25, -0.2) is 8.42 Å². The molecule has 0 amide bonds. The minimum Gasteiger partial charge on any atom is -0.338 e. The molecule has 1 unspecified atom stereocenters. The Labute approximate surface area is 94.1 Å². The molecule has 0 saturated carbocycles. The molecule has 2 N–H and O–H groups in total. The van der Waals surface area contributed by atoms with Crippen molar-refractivity contribution in [3.63, 3.8) is 0 Å². The van der Waals surface area contributed by atoms with E-state index in [1.807, 2.05) is 6.92 Å². The molecular weight excluding hydrogens is 230 g/mol. The van der Waals surface area contributed by atoms with Crippen LogP contribution in [0.4, 0.5) is 0 Å². The Morgan fingerprint density at radius 3 is 2.94 bits per heavy atom. The first-order valence-corrected chi connectivity index (χ1v) is 7.13. The summed E-state index contributed by atoms with van der Waals surface area (Å²) in [6.07, 6.45) is 1.28. The molecule has 7 heteroatoms. The summed E-state index contributed by atoms with van der Waals surface area (Å²) >= 11 is 0. The van der Waals surface area contributed by atoms with Crippen LogP contribution in [-0.2, 0) is 9.84 Å². The number of hydrogen-bond acceptors (Lipinski definition) is 6. The van der Waals surface area contributed by atoms with Crippen LogP contribution < -0.4 is 5.73 Å². The zero-order chi connectivity index (χ0) is 11.8. The number of nitrogens with zero attached hydrogens (tertiary/aromatic N) is 2. The largest absolute Gasteiger partial charge is 0.338 e. The van der Waals surface area contributed by atoms with Gasteiger partial charge in [-0.05, 0) is 12.8 Å². The van der Waals surface area contributed by atoms with Gasteiger partial charge in [-0.2, -0.15) is 4.98 Å². The molecule has 0 bridgehead atoms. The summed E-state index contributed by atoms with van der Waals surface area (Å²) in [4.78, 5) is 4.16. The van der Waals surface area contributed by atoms with Crippen LogP contribution in [0.1, 0.15) is 43.4 Å². The number of hydrogen-bond donors (Lipinski definition) is 1. The maximum atomic E-state index is 11.3. The molecule has 1 aliphatic rings. The fraction of sp³-hybridized carbons (Fsp3) is 0.778. The topological polar surface area (TPSA) is 99.1 Å². The second kappa shape index (κ2) is 4.14. The summed E-state index contributed by atoms with van der Waals surface area (Å²) < 4.78 is 27.6. The second-order valence-electron chi connectivity index (χ2n) is 4.11. The van der Waals surface area contributed by atoms with E-state index in [2.05, 4.69) is 10.1 Å². The number of aromatic nitrogens is 2. The van der Waals surface area contributed by atoms with Crippen molar-refractivity contribution >= 4 is 9.84 Å². The average molecular weight is 245 g/mol. The van der Waals surface area contributed by atoms with Gasteiger partial charge in [0.1, 0.15) is 0 Å². The first kappa shape index (κ1) is 11.5. The third-order valence-corrected chi connectivity index (χ3v) is 4.58. The molecule has 16 heavy (non-hydrogen) atoms. The number of sulfone groups is 1.